The van der Waals surface area contributed by atoms with Gasteiger partial charge in [-0.25, -0.2) is 0 Å². The first-order chi connectivity index (χ1) is 12.7. The van der Waals surface area contributed by atoms with Crippen LogP contribution in [0.15, 0.2) is 36.4 Å². The third kappa shape index (κ3) is 3.26. The standard InChI is InChI=1S/C22H27N3O/c1-3-20-16(2)9-10-21(23-20)17-6-4-7-18(14-17)22(26)25-13-12-24-11-5-8-19(24)15-25/h4,6-7,9-10,14,19H,3,5,8,11-13,15H2,1-2H3/t19-/m1/s1. The average molecular weight is 349 g/mol. The third-order valence-corrected chi connectivity index (χ3v) is 5.82. The lowest BCUT2D eigenvalue weighted by Gasteiger charge is -2.37. The summed E-state index contributed by atoms with van der Waals surface area (Å²) in [7, 11) is 0. The molecule has 4 rings (SSSR count). The number of pyridine rings is 1. The lowest BCUT2D eigenvalue weighted by atomic mass is 10.0. The molecule has 2 aliphatic rings. The van der Waals surface area contributed by atoms with Crippen LogP contribution in [0.5, 0.6) is 0 Å². The molecule has 0 saturated carbocycles. The molecular formula is C22H27N3O. The van der Waals surface area contributed by atoms with E-state index in [4.69, 9.17) is 4.98 Å². The van der Waals surface area contributed by atoms with E-state index in [9.17, 15) is 4.79 Å². The molecule has 2 fully saturated rings. The van der Waals surface area contributed by atoms with Gasteiger partial charge in [-0.1, -0.05) is 25.1 Å². The largest absolute Gasteiger partial charge is 0.336 e. The van der Waals surface area contributed by atoms with Gasteiger partial charge in [0.2, 0.25) is 0 Å². The number of rotatable bonds is 3. The zero-order valence-corrected chi connectivity index (χ0v) is 15.7. The van der Waals surface area contributed by atoms with Crippen LogP contribution in [0.1, 0.15) is 41.4 Å². The van der Waals surface area contributed by atoms with Crippen molar-refractivity contribution in [1.29, 1.82) is 0 Å². The van der Waals surface area contributed by atoms with Gasteiger partial charge in [0.25, 0.3) is 5.91 Å². The normalized spacial score (nSPS) is 20.2. The third-order valence-electron chi connectivity index (χ3n) is 5.82. The van der Waals surface area contributed by atoms with Crippen molar-refractivity contribution in [3.63, 3.8) is 0 Å². The maximum absolute atomic E-state index is 13.0. The molecule has 136 valence electrons. The number of aromatic nitrogens is 1. The monoisotopic (exact) mass is 349 g/mol. The molecule has 4 nitrogen and oxygen atoms in total. The maximum atomic E-state index is 13.0. The minimum absolute atomic E-state index is 0.154. The molecular weight excluding hydrogens is 322 g/mol. The number of carbonyl (C=O) groups excluding carboxylic acids is 1. The van der Waals surface area contributed by atoms with Crippen molar-refractivity contribution in [3.8, 4) is 11.3 Å². The zero-order valence-electron chi connectivity index (χ0n) is 15.7. The van der Waals surface area contributed by atoms with Crippen LogP contribution in [0, 0.1) is 6.92 Å². The number of carbonyl (C=O) groups is 1. The topological polar surface area (TPSA) is 36.4 Å². The van der Waals surface area contributed by atoms with Crippen molar-refractivity contribution in [2.24, 2.45) is 0 Å². The van der Waals surface area contributed by atoms with Gasteiger partial charge in [-0.05, 0) is 56.5 Å². The number of hydrogen-bond donors (Lipinski definition) is 0. The molecule has 1 amide bonds. The van der Waals surface area contributed by atoms with Crippen LogP contribution in [0.25, 0.3) is 11.3 Å². The Hall–Kier alpha value is -2.20. The molecule has 4 heteroatoms. The molecule has 3 heterocycles. The minimum Gasteiger partial charge on any atom is -0.336 e. The molecule has 0 N–H and O–H groups in total. The Morgan fingerprint density at radius 1 is 1.19 bits per heavy atom. The number of aryl methyl sites for hydroxylation is 2. The van der Waals surface area contributed by atoms with Crippen molar-refractivity contribution in [2.75, 3.05) is 26.2 Å². The molecule has 2 saturated heterocycles. The average Bonchev–Trinajstić information content (AvgIpc) is 3.15. The molecule has 1 atom stereocenters. The molecule has 0 spiro atoms. The van der Waals surface area contributed by atoms with E-state index in [-0.39, 0.29) is 5.91 Å². The Balaban J connectivity index is 1.56. The first-order valence-corrected chi connectivity index (χ1v) is 9.76. The smallest absolute Gasteiger partial charge is 0.253 e. The van der Waals surface area contributed by atoms with Crippen molar-refractivity contribution in [1.82, 2.24) is 14.8 Å². The van der Waals surface area contributed by atoms with E-state index in [0.717, 1.165) is 48.6 Å². The highest BCUT2D eigenvalue weighted by Crippen LogP contribution is 2.24. The minimum atomic E-state index is 0.154. The number of piperazine rings is 1. The quantitative estimate of drug-likeness (QED) is 0.850. The number of hydrogen-bond acceptors (Lipinski definition) is 3. The molecule has 0 unspecified atom stereocenters. The van der Waals surface area contributed by atoms with Crippen molar-refractivity contribution in [2.45, 2.75) is 39.2 Å². The molecule has 0 aliphatic carbocycles. The van der Waals surface area contributed by atoms with E-state index in [1.54, 1.807) is 0 Å². The Morgan fingerprint density at radius 3 is 2.92 bits per heavy atom. The fourth-order valence-electron chi connectivity index (χ4n) is 4.26. The second kappa shape index (κ2) is 7.20. The Kier molecular flexibility index (Phi) is 4.77. The van der Waals surface area contributed by atoms with Crippen LogP contribution >= 0.6 is 0 Å². The molecule has 0 radical (unpaired) electrons. The fourth-order valence-corrected chi connectivity index (χ4v) is 4.26. The summed E-state index contributed by atoms with van der Waals surface area (Å²) in [6.45, 7) is 8.13. The summed E-state index contributed by atoms with van der Waals surface area (Å²) in [4.78, 5) is 22.4. The molecule has 2 aliphatic heterocycles. The summed E-state index contributed by atoms with van der Waals surface area (Å²) in [5, 5.41) is 0. The van der Waals surface area contributed by atoms with Crippen LogP contribution < -0.4 is 0 Å². The van der Waals surface area contributed by atoms with E-state index in [1.165, 1.54) is 24.9 Å². The molecule has 1 aromatic heterocycles. The Bertz CT molecular complexity index is 817. The summed E-state index contributed by atoms with van der Waals surface area (Å²) in [6, 6.07) is 12.7. The summed E-state index contributed by atoms with van der Waals surface area (Å²) in [6.07, 6.45) is 3.40. The van der Waals surface area contributed by atoms with Gasteiger partial charge in [0, 0.05) is 42.5 Å². The highest BCUT2D eigenvalue weighted by molar-refractivity contribution is 5.95. The second-order valence-electron chi connectivity index (χ2n) is 7.48. The Morgan fingerprint density at radius 2 is 2.08 bits per heavy atom. The van der Waals surface area contributed by atoms with Crippen LogP contribution in [-0.4, -0.2) is 52.9 Å². The van der Waals surface area contributed by atoms with Crippen molar-refractivity contribution < 1.29 is 4.79 Å². The summed E-state index contributed by atoms with van der Waals surface area (Å²) in [5.41, 5.74) is 5.08. The van der Waals surface area contributed by atoms with Crippen LogP contribution in [0.2, 0.25) is 0 Å². The molecule has 26 heavy (non-hydrogen) atoms. The number of fused-ring (bicyclic) bond motifs is 1. The van der Waals surface area contributed by atoms with E-state index in [1.807, 2.05) is 29.2 Å². The van der Waals surface area contributed by atoms with Gasteiger partial charge < -0.3 is 4.90 Å². The van der Waals surface area contributed by atoms with E-state index in [0.29, 0.717) is 6.04 Å². The van der Waals surface area contributed by atoms with Gasteiger partial charge in [0.05, 0.1) is 5.69 Å². The zero-order chi connectivity index (χ0) is 18.1. The summed E-state index contributed by atoms with van der Waals surface area (Å²) < 4.78 is 0. The fraction of sp³-hybridized carbons (Fsp3) is 0.455. The van der Waals surface area contributed by atoms with Crippen LogP contribution in [0.3, 0.4) is 0 Å². The van der Waals surface area contributed by atoms with Gasteiger partial charge in [0.1, 0.15) is 0 Å². The van der Waals surface area contributed by atoms with Gasteiger partial charge >= 0.3 is 0 Å². The number of nitrogens with zero attached hydrogens (tertiary/aromatic N) is 3. The predicted octanol–water partition coefficient (Wildman–Crippen LogP) is 3.54. The molecule has 2 aromatic rings. The second-order valence-corrected chi connectivity index (χ2v) is 7.48. The lowest BCUT2D eigenvalue weighted by molar-refractivity contribution is 0.0571. The maximum Gasteiger partial charge on any atom is 0.253 e. The van der Waals surface area contributed by atoms with Gasteiger partial charge in [-0.15, -0.1) is 0 Å². The lowest BCUT2D eigenvalue weighted by Crippen LogP contribution is -2.52. The molecule has 0 bridgehead atoms. The SMILES string of the molecule is CCc1nc(-c2cccc(C(=O)N3CCN4CCC[C@@H]4C3)c2)ccc1C. The molecule has 1 aromatic carbocycles. The van der Waals surface area contributed by atoms with Crippen molar-refractivity contribution >= 4 is 5.91 Å². The predicted molar refractivity (Wildman–Crippen MR) is 104 cm³/mol. The first-order valence-electron chi connectivity index (χ1n) is 9.76. The van der Waals surface area contributed by atoms with E-state index in [2.05, 4.69) is 30.9 Å². The Labute approximate surface area is 155 Å². The highest BCUT2D eigenvalue weighted by atomic mass is 16.2. The summed E-state index contributed by atoms with van der Waals surface area (Å²) in [5.74, 6) is 0.154. The van der Waals surface area contributed by atoms with Gasteiger partial charge in [0.15, 0.2) is 0 Å². The summed E-state index contributed by atoms with van der Waals surface area (Å²) >= 11 is 0. The number of amides is 1. The van der Waals surface area contributed by atoms with Crippen LogP contribution in [0.4, 0.5) is 0 Å². The van der Waals surface area contributed by atoms with Gasteiger partial charge in [-0.3, -0.25) is 14.7 Å². The number of benzene rings is 1. The highest BCUT2D eigenvalue weighted by Gasteiger charge is 2.32. The van der Waals surface area contributed by atoms with E-state index >= 15 is 0 Å². The van der Waals surface area contributed by atoms with E-state index < -0.39 is 0 Å². The van der Waals surface area contributed by atoms with Crippen molar-refractivity contribution in [3.05, 3.63) is 53.2 Å². The van der Waals surface area contributed by atoms with Gasteiger partial charge in [-0.2, -0.15) is 0 Å². The van der Waals surface area contributed by atoms with Crippen LogP contribution in [-0.2, 0) is 6.42 Å². The first kappa shape index (κ1) is 17.2.